The summed E-state index contributed by atoms with van der Waals surface area (Å²) >= 11 is 0. The van der Waals surface area contributed by atoms with Gasteiger partial charge in [-0.3, -0.25) is 9.79 Å². The van der Waals surface area contributed by atoms with Crippen LogP contribution in [-0.2, 0) is 27.4 Å². The number of rotatable bonds is 7. The average molecular weight is 379 g/mol. The van der Waals surface area contributed by atoms with E-state index in [-0.39, 0.29) is 30.4 Å². The number of methoxy groups -OCH3 is 1. The van der Waals surface area contributed by atoms with Crippen molar-refractivity contribution in [3.05, 3.63) is 35.1 Å². The lowest BCUT2D eigenvalue weighted by molar-refractivity contribution is -0.149. The Morgan fingerprint density at radius 1 is 1.30 bits per heavy atom. The Hall–Kier alpha value is -2.15. The highest BCUT2D eigenvalue weighted by Crippen LogP contribution is 2.25. The first-order chi connectivity index (χ1) is 13.1. The highest BCUT2D eigenvalue weighted by atomic mass is 19.1. The van der Waals surface area contributed by atoms with E-state index in [9.17, 15) is 9.18 Å². The quantitative estimate of drug-likeness (QED) is 0.433. The zero-order chi connectivity index (χ0) is 19.6. The summed E-state index contributed by atoms with van der Waals surface area (Å²) in [5, 5.41) is 6.67. The van der Waals surface area contributed by atoms with Gasteiger partial charge in [-0.15, -0.1) is 0 Å². The molecule has 0 spiro atoms. The number of ether oxygens (including phenoxy) is 2. The van der Waals surface area contributed by atoms with Gasteiger partial charge in [0.2, 0.25) is 0 Å². The molecule has 1 aliphatic carbocycles. The van der Waals surface area contributed by atoms with Gasteiger partial charge in [0, 0.05) is 32.3 Å². The molecule has 150 valence electrons. The van der Waals surface area contributed by atoms with Crippen molar-refractivity contribution in [3.8, 4) is 0 Å². The highest BCUT2D eigenvalue weighted by molar-refractivity contribution is 5.80. The van der Waals surface area contributed by atoms with Gasteiger partial charge in [0.15, 0.2) is 5.96 Å². The molecule has 2 rings (SSSR count). The number of benzene rings is 1. The number of aliphatic imine (C=N–C) groups is 1. The number of carbonyl (C=O) groups excluding carboxylic acids is 1. The van der Waals surface area contributed by atoms with E-state index in [1.807, 2.05) is 6.92 Å². The Bertz CT molecular complexity index is 643. The van der Waals surface area contributed by atoms with Crippen LogP contribution < -0.4 is 10.6 Å². The molecule has 27 heavy (non-hydrogen) atoms. The summed E-state index contributed by atoms with van der Waals surface area (Å²) in [6.45, 7) is 3.05. The van der Waals surface area contributed by atoms with Crippen molar-refractivity contribution >= 4 is 11.9 Å². The van der Waals surface area contributed by atoms with Crippen molar-refractivity contribution in [1.29, 1.82) is 0 Å². The predicted octanol–water partition coefficient (Wildman–Crippen LogP) is 2.76. The molecule has 2 N–H and O–H groups in total. The lowest BCUT2D eigenvalue weighted by Gasteiger charge is -2.29. The summed E-state index contributed by atoms with van der Waals surface area (Å²) in [5.74, 6) is 0.367. The summed E-state index contributed by atoms with van der Waals surface area (Å²) in [5.41, 5.74) is 1.49. The molecular weight excluding hydrogens is 349 g/mol. The maximum atomic E-state index is 13.7. The topological polar surface area (TPSA) is 72.0 Å². The SMILES string of the molecule is CCOC(=O)C1CCC(NC(=NC)NCc2ccc(F)c(COC)c2)CC1. The molecule has 1 aromatic carbocycles. The van der Waals surface area contributed by atoms with Gasteiger partial charge in [-0.2, -0.15) is 0 Å². The third-order valence-electron chi connectivity index (χ3n) is 4.78. The fourth-order valence-electron chi connectivity index (χ4n) is 3.31. The first-order valence-corrected chi connectivity index (χ1v) is 9.47. The molecule has 0 amide bonds. The fraction of sp³-hybridized carbons (Fsp3) is 0.600. The minimum Gasteiger partial charge on any atom is -0.466 e. The van der Waals surface area contributed by atoms with Crippen LogP contribution in [0.4, 0.5) is 4.39 Å². The van der Waals surface area contributed by atoms with Gasteiger partial charge < -0.3 is 20.1 Å². The molecule has 7 heteroatoms. The van der Waals surface area contributed by atoms with Gasteiger partial charge in [0.05, 0.1) is 19.1 Å². The molecule has 1 aromatic rings. The van der Waals surface area contributed by atoms with Gasteiger partial charge in [0.25, 0.3) is 0 Å². The van der Waals surface area contributed by atoms with Crippen molar-refractivity contribution in [2.45, 2.75) is 51.8 Å². The zero-order valence-corrected chi connectivity index (χ0v) is 16.4. The standard InChI is InChI=1S/C20H30FN3O3/c1-4-27-19(25)15-6-8-17(9-7-15)24-20(22-2)23-12-14-5-10-18(21)16(11-14)13-26-3/h5,10-11,15,17H,4,6-9,12-13H2,1-3H3,(H2,22,23,24). The molecule has 1 aliphatic rings. The van der Waals surface area contributed by atoms with Crippen molar-refractivity contribution in [2.75, 3.05) is 20.8 Å². The van der Waals surface area contributed by atoms with E-state index in [0.717, 1.165) is 31.2 Å². The Labute approximate surface area is 160 Å². The Kier molecular flexibility index (Phi) is 8.51. The highest BCUT2D eigenvalue weighted by Gasteiger charge is 2.27. The molecule has 0 atom stereocenters. The molecule has 0 bridgehead atoms. The van der Waals surface area contributed by atoms with Crippen LogP contribution in [0, 0.1) is 11.7 Å². The van der Waals surface area contributed by atoms with Crippen LogP contribution in [-0.4, -0.2) is 38.7 Å². The lowest BCUT2D eigenvalue weighted by atomic mass is 9.86. The number of halogens is 1. The minimum absolute atomic E-state index is 0.0106. The molecule has 0 saturated heterocycles. The number of carbonyl (C=O) groups is 1. The van der Waals surface area contributed by atoms with Crippen LogP contribution in [0.25, 0.3) is 0 Å². The van der Waals surface area contributed by atoms with E-state index >= 15 is 0 Å². The monoisotopic (exact) mass is 379 g/mol. The normalized spacial score (nSPS) is 20.2. The third-order valence-corrected chi connectivity index (χ3v) is 4.78. The van der Waals surface area contributed by atoms with E-state index in [4.69, 9.17) is 9.47 Å². The van der Waals surface area contributed by atoms with Crippen molar-refractivity contribution in [2.24, 2.45) is 10.9 Å². The Morgan fingerprint density at radius 2 is 2.04 bits per heavy atom. The molecule has 0 unspecified atom stereocenters. The first-order valence-electron chi connectivity index (χ1n) is 9.47. The van der Waals surface area contributed by atoms with Crippen LogP contribution in [0.1, 0.15) is 43.7 Å². The van der Waals surface area contributed by atoms with Crippen LogP contribution >= 0.6 is 0 Å². The number of nitrogens with one attached hydrogen (secondary N) is 2. The molecule has 0 aliphatic heterocycles. The van der Waals surface area contributed by atoms with Crippen molar-refractivity contribution < 1.29 is 18.7 Å². The maximum Gasteiger partial charge on any atom is 0.308 e. The van der Waals surface area contributed by atoms with Crippen LogP contribution in [0.15, 0.2) is 23.2 Å². The second kappa shape index (κ2) is 10.9. The summed E-state index contributed by atoms with van der Waals surface area (Å²) in [6.07, 6.45) is 3.45. The van der Waals surface area contributed by atoms with Gasteiger partial charge in [0.1, 0.15) is 5.82 Å². The Morgan fingerprint density at radius 3 is 2.67 bits per heavy atom. The second-order valence-corrected chi connectivity index (χ2v) is 6.73. The third kappa shape index (κ3) is 6.50. The minimum atomic E-state index is -0.263. The summed E-state index contributed by atoms with van der Waals surface area (Å²) in [6, 6.07) is 5.28. The maximum absolute atomic E-state index is 13.7. The molecule has 1 fully saturated rings. The fourth-order valence-corrected chi connectivity index (χ4v) is 3.31. The lowest BCUT2D eigenvalue weighted by Crippen LogP contribution is -2.45. The smallest absolute Gasteiger partial charge is 0.308 e. The van der Waals surface area contributed by atoms with Crippen LogP contribution in [0.3, 0.4) is 0 Å². The Balaban J connectivity index is 1.81. The number of hydrogen-bond donors (Lipinski definition) is 2. The summed E-state index contributed by atoms with van der Waals surface area (Å²) in [7, 11) is 3.27. The van der Waals surface area contributed by atoms with E-state index in [0.29, 0.717) is 24.7 Å². The molecule has 6 nitrogen and oxygen atoms in total. The largest absolute Gasteiger partial charge is 0.466 e. The van der Waals surface area contributed by atoms with Crippen molar-refractivity contribution in [1.82, 2.24) is 10.6 Å². The molecule has 0 heterocycles. The van der Waals surface area contributed by atoms with Gasteiger partial charge >= 0.3 is 5.97 Å². The average Bonchev–Trinajstić information content (AvgIpc) is 2.68. The summed E-state index contributed by atoms with van der Waals surface area (Å²) in [4.78, 5) is 16.1. The molecule has 1 saturated carbocycles. The number of guanidine groups is 1. The molecule has 0 aromatic heterocycles. The second-order valence-electron chi connectivity index (χ2n) is 6.73. The van der Waals surface area contributed by atoms with Crippen LogP contribution in [0.5, 0.6) is 0 Å². The van der Waals surface area contributed by atoms with Crippen molar-refractivity contribution in [3.63, 3.8) is 0 Å². The number of esters is 1. The zero-order valence-electron chi connectivity index (χ0n) is 16.4. The van der Waals surface area contributed by atoms with E-state index in [1.165, 1.54) is 6.07 Å². The molecule has 0 radical (unpaired) electrons. The first kappa shape index (κ1) is 21.2. The van der Waals surface area contributed by atoms with Gasteiger partial charge in [-0.05, 0) is 50.3 Å². The van der Waals surface area contributed by atoms with Crippen LogP contribution in [0.2, 0.25) is 0 Å². The van der Waals surface area contributed by atoms with E-state index in [2.05, 4.69) is 15.6 Å². The van der Waals surface area contributed by atoms with E-state index < -0.39 is 0 Å². The molecular formula is C20H30FN3O3. The number of nitrogens with zero attached hydrogens (tertiary/aromatic N) is 1. The van der Waals surface area contributed by atoms with Gasteiger partial charge in [-0.25, -0.2) is 4.39 Å². The van der Waals surface area contributed by atoms with E-state index in [1.54, 1.807) is 26.3 Å². The number of hydrogen-bond acceptors (Lipinski definition) is 4. The summed E-state index contributed by atoms with van der Waals surface area (Å²) < 4.78 is 23.8. The predicted molar refractivity (Wildman–Crippen MR) is 103 cm³/mol. The van der Waals surface area contributed by atoms with Gasteiger partial charge in [-0.1, -0.05) is 6.07 Å².